The van der Waals surface area contributed by atoms with Crippen molar-refractivity contribution < 1.29 is 9.53 Å². The van der Waals surface area contributed by atoms with Crippen molar-refractivity contribution in [3.63, 3.8) is 0 Å². The molecular weight excluding hydrogens is 280 g/mol. The van der Waals surface area contributed by atoms with Gasteiger partial charge in [0.2, 0.25) is 5.88 Å². The Bertz CT molecular complexity index is 688. The normalized spacial score (nSPS) is 13.1. The molecule has 0 fully saturated rings. The SMILES string of the molecule is COc1ncccc1NC(=O)Nc1ccc2c(c1)CCNC2. The molecular formula is C16H18N4O2. The number of carbonyl (C=O) groups excluding carboxylic acids is 1. The molecule has 2 aromatic rings. The summed E-state index contributed by atoms with van der Waals surface area (Å²) in [5.74, 6) is 0.383. The van der Waals surface area contributed by atoms with Gasteiger partial charge in [-0.15, -0.1) is 0 Å². The van der Waals surface area contributed by atoms with Gasteiger partial charge in [0.25, 0.3) is 0 Å². The van der Waals surface area contributed by atoms with E-state index in [1.165, 1.54) is 18.2 Å². The molecule has 0 bridgehead atoms. The van der Waals surface area contributed by atoms with Crippen LogP contribution in [0.25, 0.3) is 0 Å². The van der Waals surface area contributed by atoms with Gasteiger partial charge < -0.3 is 20.7 Å². The maximum atomic E-state index is 12.1. The Morgan fingerprint density at radius 1 is 1.27 bits per heavy atom. The van der Waals surface area contributed by atoms with Crippen molar-refractivity contribution in [2.24, 2.45) is 0 Å². The van der Waals surface area contributed by atoms with E-state index < -0.39 is 0 Å². The molecule has 1 aliphatic heterocycles. The van der Waals surface area contributed by atoms with Crippen LogP contribution in [0, 0.1) is 0 Å². The molecule has 0 radical (unpaired) electrons. The summed E-state index contributed by atoms with van der Waals surface area (Å²) < 4.78 is 5.11. The summed E-state index contributed by atoms with van der Waals surface area (Å²) in [6, 6.07) is 9.14. The second kappa shape index (κ2) is 6.44. The molecule has 0 unspecified atom stereocenters. The maximum absolute atomic E-state index is 12.1. The summed E-state index contributed by atoms with van der Waals surface area (Å²) in [7, 11) is 1.52. The molecule has 0 spiro atoms. The number of methoxy groups -OCH3 is 1. The third-order valence-electron chi connectivity index (χ3n) is 3.56. The molecule has 6 nitrogen and oxygen atoms in total. The molecule has 22 heavy (non-hydrogen) atoms. The summed E-state index contributed by atoms with van der Waals surface area (Å²) in [6.07, 6.45) is 2.59. The van der Waals surface area contributed by atoms with E-state index in [9.17, 15) is 4.79 Å². The molecule has 1 aromatic heterocycles. The number of anilines is 2. The number of urea groups is 1. The van der Waals surface area contributed by atoms with E-state index in [4.69, 9.17) is 4.74 Å². The smallest absolute Gasteiger partial charge is 0.323 e. The van der Waals surface area contributed by atoms with Crippen molar-refractivity contribution in [1.29, 1.82) is 0 Å². The van der Waals surface area contributed by atoms with Gasteiger partial charge in [0.1, 0.15) is 5.69 Å². The highest BCUT2D eigenvalue weighted by Crippen LogP contribution is 2.21. The number of nitrogens with one attached hydrogen (secondary N) is 3. The number of hydrogen-bond acceptors (Lipinski definition) is 4. The average molecular weight is 298 g/mol. The van der Waals surface area contributed by atoms with Crippen LogP contribution in [0.3, 0.4) is 0 Å². The number of nitrogens with zero attached hydrogens (tertiary/aromatic N) is 1. The van der Waals surface area contributed by atoms with Crippen molar-refractivity contribution >= 4 is 17.4 Å². The number of fused-ring (bicyclic) bond motifs is 1. The Balaban J connectivity index is 1.69. The maximum Gasteiger partial charge on any atom is 0.323 e. The molecule has 0 saturated carbocycles. The predicted octanol–water partition coefficient (Wildman–Crippen LogP) is 2.38. The third-order valence-corrected chi connectivity index (χ3v) is 3.56. The van der Waals surface area contributed by atoms with Crippen LogP contribution in [0.1, 0.15) is 11.1 Å². The van der Waals surface area contributed by atoms with Crippen molar-refractivity contribution in [2.45, 2.75) is 13.0 Å². The summed E-state index contributed by atoms with van der Waals surface area (Å²) in [5.41, 5.74) is 3.87. The van der Waals surface area contributed by atoms with Crippen LogP contribution in [-0.2, 0) is 13.0 Å². The fourth-order valence-electron chi connectivity index (χ4n) is 2.49. The largest absolute Gasteiger partial charge is 0.480 e. The van der Waals surface area contributed by atoms with E-state index in [-0.39, 0.29) is 6.03 Å². The molecule has 2 amide bonds. The van der Waals surface area contributed by atoms with Gasteiger partial charge in [-0.2, -0.15) is 0 Å². The first-order chi connectivity index (χ1) is 10.8. The fourth-order valence-corrected chi connectivity index (χ4v) is 2.49. The fraction of sp³-hybridized carbons (Fsp3) is 0.250. The number of ether oxygens (including phenoxy) is 1. The Kier molecular flexibility index (Phi) is 4.20. The van der Waals surface area contributed by atoms with E-state index in [1.807, 2.05) is 18.2 Å². The van der Waals surface area contributed by atoms with Crippen LogP contribution >= 0.6 is 0 Å². The van der Waals surface area contributed by atoms with Gasteiger partial charge in [0.15, 0.2) is 0 Å². The zero-order valence-electron chi connectivity index (χ0n) is 12.3. The summed E-state index contributed by atoms with van der Waals surface area (Å²) in [6.45, 7) is 1.85. The first-order valence-corrected chi connectivity index (χ1v) is 7.16. The minimum atomic E-state index is -0.319. The zero-order chi connectivity index (χ0) is 15.4. The number of rotatable bonds is 3. The molecule has 2 heterocycles. The van der Waals surface area contributed by atoms with Gasteiger partial charge in [-0.3, -0.25) is 0 Å². The molecule has 6 heteroatoms. The van der Waals surface area contributed by atoms with E-state index in [0.717, 1.165) is 25.2 Å². The number of hydrogen-bond donors (Lipinski definition) is 3. The lowest BCUT2D eigenvalue weighted by atomic mass is 10.0. The minimum absolute atomic E-state index is 0.319. The second-order valence-electron chi connectivity index (χ2n) is 5.05. The van der Waals surface area contributed by atoms with Gasteiger partial charge in [-0.1, -0.05) is 6.07 Å². The van der Waals surface area contributed by atoms with Gasteiger partial charge >= 0.3 is 6.03 Å². The van der Waals surface area contributed by atoms with Gasteiger partial charge in [0, 0.05) is 18.4 Å². The summed E-state index contributed by atoms with van der Waals surface area (Å²) in [4.78, 5) is 16.1. The lowest BCUT2D eigenvalue weighted by Gasteiger charge is -2.18. The predicted molar refractivity (Wildman–Crippen MR) is 85.3 cm³/mol. The van der Waals surface area contributed by atoms with Crippen LogP contribution < -0.4 is 20.7 Å². The van der Waals surface area contributed by atoms with Gasteiger partial charge in [0.05, 0.1) is 7.11 Å². The van der Waals surface area contributed by atoms with Crippen LogP contribution in [0.4, 0.5) is 16.2 Å². The Morgan fingerprint density at radius 2 is 2.18 bits per heavy atom. The lowest BCUT2D eigenvalue weighted by molar-refractivity contribution is 0.262. The van der Waals surface area contributed by atoms with E-state index >= 15 is 0 Å². The number of benzene rings is 1. The van der Waals surface area contributed by atoms with Crippen LogP contribution in [0.2, 0.25) is 0 Å². The Morgan fingerprint density at radius 3 is 3.05 bits per heavy atom. The highest BCUT2D eigenvalue weighted by molar-refractivity contribution is 6.00. The summed E-state index contributed by atoms with van der Waals surface area (Å²) in [5, 5.41) is 8.90. The number of carbonyl (C=O) groups is 1. The van der Waals surface area contributed by atoms with E-state index in [1.54, 1.807) is 18.3 Å². The first-order valence-electron chi connectivity index (χ1n) is 7.16. The quantitative estimate of drug-likeness (QED) is 0.813. The molecule has 1 aliphatic rings. The zero-order valence-corrected chi connectivity index (χ0v) is 12.3. The monoisotopic (exact) mass is 298 g/mol. The van der Waals surface area contributed by atoms with Crippen LogP contribution in [-0.4, -0.2) is 24.7 Å². The van der Waals surface area contributed by atoms with Crippen LogP contribution in [0.5, 0.6) is 5.88 Å². The van der Waals surface area contributed by atoms with Gasteiger partial charge in [-0.05, 0) is 48.4 Å². The van der Waals surface area contributed by atoms with Crippen molar-refractivity contribution in [3.8, 4) is 5.88 Å². The highest BCUT2D eigenvalue weighted by Gasteiger charge is 2.11. The highest BCUT2D eigenvalue weighted by atomic mass is 16.5. The molecule has 114 valence electrons. The van der Waals surface area contributed by atoms with Crippen molar-refractivity contribution in [3.05, 3.63) is 47.7 Å². The number of aromatic nitrogens is 1. The van der Waals surface area contributed by atoms with Crippen molar-refractivity contribution in [2.75, 3.05) is 24.3 Å². The van der Waals surface area contributed by atoms with Crippen LogP contribution in [0.15, 0.2) is 36.5 Å². The molecule has 0 aliphatic carbocycles. The number of pyridine rings is 1. The first kappa shape index (κ1) is 14.3. The average Bonchev–Trinajstić information content (AvgIpc) is 2.55. The Hall–Kier alpha value is -2.60. The van der Waals surface area contributed by atoms with E-state index in [2.05, 4.69) is 20.9 Å². The topological polar surface area (TPSA) is 75.3 Å². The number of amides is 2. The molecule has 1 aromatic carbocycles. The molecule has 0 atom stereocenters. The molecule has 3 N–H and O–H groups in total. The van der Waals surface area contributed by atoms with Gasteiger partial charge in [-0.25, -0.2) is 9.78 Å². The van der Waals surface area contributed by atoms with E-state index in [0.29, 0.717) is 11.6 Å². The Labute approximate surface area is 128 Å². The standard InChI is InChI=1S/C16H18N4O2/c1-22-15-14(3-2-7-18-15)20-16(21)19-13-5-4-12-10-17-8-6-11(12)9-13/h2-5,7,9,17H,6,8,10H2,1H3,(H2,19,20,21). The second-order valence-corrected chi connectivity index (χ2v) is 5.05. The summed E-state index contributed by atoms with van der Waals surface area (Å²) >= 11 is 0. The molecule has 0 saturated heterocycles. The third kappa shape index (κ3) is 3.17. The lowest BCUT2D eigenvalue weighted by Crippen LogP contribution is -2.24. The minimum Gasteiger partial charge on any atom is -0.480 e. The molecule has 3 rings (SSSR count). The van der Waals surface area contributed by atoms with Crippen molar-refractivity contribution in [1.82, 2.24) is 10.3 Å².